The molecule has 1 saturated carbocycles. The van der Waals surface area contributed by atoms with Crippen molar-refractivity contribution in [2.45, 2.75) is 58.3 Å². The molecule has 0 spiro atoms. The minimum absolute atomic E-state index is 0.0187. The lowest BCUT2D eigenvalue weighted by molar-refractivity contribution is -0.139. The first kappa shape index (κ1) is 16.4. The highest BCUT2D eigenvalue weighted by Crippen LogP contribution is 2.28. The van der Waals surface area contributed by atoms with Crippen molar-refractivity contribution in [1.82, 2.24) is 0 Å². The van der Waals surface area contributed by atoms with E-state index in [0.717, 1.165) is 32.1 Å². The van der Waals surface area contributed by atoms with Gasteiger partial charge in [-0.05, 0) is 19.3 Å². The zero-order valence-corrected chi connectivity index (χ0v) is 11.9. The molecule has 0 aromatic heterocycles. The van der Waals surface area contributed by atoms with Crippen molar-refractivity contribution in [3.8, 4) is 0 Å². The maximum Gasteiger partial charge on any atom is 0.332 e. The fourth-order valence-corrected chi connectivity index (χ4v) is 2.73. The number of carbonyl (C=O) groups excluding carboxylic acids is 1. The molecule has 0 amide bonds. The quantitative estimate of drug-likeness (QED) is 0.700. The summed E-state index contributed by atoms with van der Waals surface area (Å²) < 4.78 is 0. The van der Waals surface area contributed by atoms with E-state index < -0.39 is 18.4 Å². The second kappa shape index (κ2) is 7.82. The lowest BCUT2D eigenvalue weighted by atomic mass is 9.83. The molecule has 1 fully saturated rings. The highest BCUT2D eigenvalue weighted by Gasteiger charge is 2.24. The summed E-state index contributed by atoms with van der Waals surface area (Å²) in [4.78, 5) is 34.1. The number of ketones is 1. The van der Waals surface area contributed by atoms with Crippen LogP contribution in [0.4, 0.5) is 0 Å². The largest absolute Gasteiger partial charge is 0.481 e. The minimum atomic E-state index is -1.24. The molecular weight excluding hydrogens is 260 g/mol. The molecule has 20 heavy (non-hydrogen) atoms. The van der Waals surface area contributed by atoms with Crippen LogP contribution in [0.15, 0.2) is 11.1 Å². The van der Waals surface area contributed by atoms with Gasteiger partial charge in [0, 0.05) is 17.9 Å². The van der Waals surface area contributed by atoms with Crippen LogP contribution in [0.1, 0.15) is 58.3 Å². The van der Waals surface area contributed by atoms with Crippen molar-refractivity contribution in [3.05, 3.63) is 11.1 Å². The Morgan fingerprint density at radius 3 is 2.05 bits per heavy atom. The summed E-state index contributed by atoms with van der Waals surface area (Å²) in [5.74, 6) is -2.34. The van der Waals surface area contributed by atoms with Crippen LogP contribution in [0.3, 0.4) is 0 Å². The van der Waals surface area contributed by atoms with Crippen LogP contribution < -0.4 is 0 Å². The van der Waals surface area contributed by atoms with Crippen LogP contribution >= 0.6 is 0 Å². The zero-order chi connectivity index (χ0) is 15.1. The molecule has 0 aromatic rings. The summed E-state index contributed by atoms with van der Waals surface area (Å²) in [5.41, 5.74) is 0.319. The molecule has 1 aliphatic carbocycles. The van der Waals surface area contributed by atoms with Gasteiger partial charge in [0.2, 0.25) is 0 Å². The van der Waals surface area contributed by atoms with Crippen LogP contribution in [-0.4, -0.2) is 27.9 Å². The molecule has 0 saturated heterocycles. The van der Waals surface area contributed by atoms with E-state index in [1.807, 2.05) is 0 Å². The Morgan fingerprint density at radius 2 is 1.60 bits per heavy atom. The van der Waals surface area contributed by atoms with Crippen LogP contribution in [0.5, 0.6) is 0 Å². The van der Waals surface area contributed by atoms with Gasteiger partial charge in [0.05, 0.1) is 6.42 Å². The standard InChI is InChI=1S/C15H22O5/c1-2-10(12(15(19)20)9-14(17)18)8-13(16)11-6-4-3-5-7-11/h11H,2-9H2,1H3,(H,17,18)(H,19,20). The molecule has 2 N–H and O–H groups in total. The second-order valence-corrected chi connectivity index (χ2v) is 5.29. The van der Waals surface area contributed by atoms with E-state index in [-0.39, 0.29) is 23.7 Å². The molecule has 5 heteroatoms. The highest BCUT2D eigenvalue weighted by atomic mass is 16.4. The molecule has 0 bridgehead atoms. The van der Waals surface area contributed by atoms with Crippen LogP contribution in [-0.2, 0) is 14.4 Å². The van der Waals surface area contributed by atoms with Gasteiger partial charge in [0.1, 0.15) is 5.78 Å². The van der Waals surface area contributed by atoms with Crippen LogP contribution in [0.2, 0.25) is 0 Å². The Kier molecular flexibility index (Phi) is 6.42. The maximum atomic E-state index is 12.2. The van der Waals surface area contributed by atoms with Gasteiger partial charge in [0.25, 0.3) is 0 Å². The first-order valence-corrected chi connectivity index (χ1v) is 7.14. The molecular formula is C15H22O5. The van der Waals surface area contributed by atoms with E-state index in [4.69, 9.17) is 10.2 Å². The maximum absolute atomic E-state index is 12.2. The average molecular weight is 282 g/mol. The summed E-state index contributed by atoms with van der Waals surface area (Å²) in [6, 6.07) is 0. The molecule has 5 nitrogen and oxygen atoms in total. The number of hydrogen-bond donors (Lipinski definition) is 2. The first-order valence-electron chi connectivity index (χ1n) is 7.14. The summed E-state index contributed by atoms with van der Waals surface area (Å²) in [7, 11) is 0. The summed E-state index contributed by atoms with van der Waals surface area (Å²) in [6.45, 7) is 1.76. The summed E-state index contributed by atoms with van der Waals surface area (Å²) in [5, 5.41) is 17.9. The number of hydrogen-bond acceptors (Lipinski definition) is 3. The molecule has 1 rings (SSSR count). The van der Waals surface area contributed by atoms with Gasteiger partial charge in [-0.15, -0.1) is 0 Å². The van der Waals surface area contributed by atoms with Crippen LogP contribution in [0, 0.1) is 5.92 Å². The van der Waals surface area contributed by atoms with E-state index in [0.29, 0.717) is 12.0 Å². The van der Waals surface area contributed by atoms with Gasteiger partial charge in [-0.1, -0.05) is 31.8 Å². The van der Waals surface area contributed by atoms with Gasteiger partial charge < -0.3 is 10.2 Å². The Labute approximate surface area is 118 Å². The van der Waals surface area contributed by atoms with E-state index in [9.17, 15) is 14.4 Å². The Bertz CT molecular complexity index is 416. The number of carboxylic acid groups (broad SMARTS) is 2. The van der Waals surface area contributed by atoms with Gasteiger partial charge in [-0.25, -0.2) is 4.79 Å². The molecule has 0 atom stereocenters. The third-order valence-corrected chi connectivity index (χ3v) is 3.89. The van der Waals surface area contributed by atoms with E-state index in [1.54, 1.807) is 6.92 Å². The molecule has 112 valence electrons. The number of aliphatic carboxylic acids is 2. The predicted octanol–water partition coefficient (Wildman–Crippen LogP) is 2.79. The number of rotatable bonds is 7. The number of Topliss-reactive ketones (excluding diaryl/α,β-unsaturated/α-hetero) is 1. The van der Waals surface area contributed by atoms with Crippen LogP contribution in [0.25, 0.3) is 0 Å². The normalized spacial score (nSPS) is 17.4. The molecule has 0 radical (unpaired) electrons. The van der Waals surface area contributed by atoms with Crippen molar-refractivity contribution in [1.29, 1.82) is 0 Å². The molecule has 0 aliphatic heterocycles. The minimum Gasteiger partial charge on any atom is -0.481 e. The third kappa shape index (κ3) is 4.79. The van der Waals surface area contributed by atoms with Crippen molar-refractivity contribution in [3.63, 3.8) is 0 Å². The average Bonchev–Trinajstić information content (AvgIpc) is 2.42. The SMILES string of the molecule is CCC(CC(=O)C1CCCCC1)=C(CC(=O)O)C(=O)O. The molecule has 1 aliphatic rings. The summed E-state index contributed by atoms with van der Waals surface area (Å²) >= 11 is 0. The first-order chi connectivity index (χ1) is 9.45. The Balaban J connectivity index is 2.83. The van der Waals surface area contributed by atoms with Crippen molar-refractivity contribution < 1.29 is 24.6 Å². The summed E-state index contributed by atoms with van der Waals surface area (Å²) in [6.07, 6.45) is 4.93. The van der Waals surface area contributed by atoms with Gasteiger partial charge in [-0.2, -0.15) is 0 Å². The van der Waals surface area contributed by atoms with Crippen molar-refractivity contribution in [2.24, 2.45) is 5.92 Å². The van der Waals surface area contributed by atoms with Crippen molar-refractivity contribution >= 4 is 17.7 Å². The Morgan fingerprint density at radius 1 is 1.00 bits per heavy atom. The fourth-order valence-electron chi connectivity index (χ4n) is 2.73. The molecule has 0 aromatic carbocycles. The highest BCUT2D eigenvalue weighted by molar-refractivity contribution is 5.94. The molecule has 0 unspecified atom stereocenters. The number of carboxylic acids is 2. The predicted molar refractivity (Wildman–Crippen MR) is 73.4 cm³/mol. The monoisotopic (exact) mass is 282 g/mol. The zero-order valence-electron chi connectivity index (χ0n) is 11.9. The number of allylic oxidation sites excluding steroid dienone is 1. The van der Waals surface area contributed by atoms with Crippen molar-refractivity contribution in [2.75, 3.05) is 0 Å². The van der Waals surface area contributed by atoms with Gasteiger partial charge in [0.15, 0.2) is 0 Å². The van der Waals surface area contributed by atoms with E-state index >= 15 is 0 Å². The van der Waals surface area contributed by atoms with Gasteiger partial charge >= 0.3 is 11.9 Å². The Hall–Kier alpha value is -1.65. The third-order valence-electron chi connectivity index (χ3n) is 3.89. The number of carbonyl (C=O) groups is 3. The topological polar surface area (TPSA) is 91.7 Å². The fraction of sp³-hybridized carbons (Fsp3) is 0.667. The lowest BCUT2D eigenvalue weighted by Crippen LogP contribution is -2.19. The van der Waals surface area contributed by atoms with Gasteiger partial charge in [-0.3, -0.25) is 9.59 Å². The molecule has 0 heterocycles. The second-order valence-electron chi connectivity index (χ2n) is 5.29. The van der Waals surface area contributed by atoms with E-state index in [1.165, 1.54) is 0 Å². The van der Waals surface area contributed by atoms with E-state index in [2.05, 4.69) is 0 Å². The smallest absolute Gasteiger partial charge is 0.332 e. The lowest BCUT2D eigenvalue weighted by Gasteiger charge is -2.21.